The quantitative estimate of drug-likeness (QED) is 0.210. The minimum atomic E-state index is -1.60. The number of hydrogen-bond acceptors (Lipinski definition) is 6. The molecule has 1 fully saturated rings. The molecule has 3 aromatic rings. The van der Waals surface area contributed by atoms with E-state index in [1.165, 1.54) is 10.9 Å². The van der Waals surface area contributed by atoms with Crippen LogP contribution >= 0.6 is 10.9 Å². The zero-order valence-corrected chi connectivity index (χ0v) is 23.2. The van der Waals surface area contributed by atoms with Crippen LogP contribution in [0, 0.1) is 23.4 Å². The smallest absolute Gasteiger partial charge is 0.194 e. The second kappa shape index (κ2) is 11.6. The van der Waals surface area contributed by atoms with Gasteiger partial charge in [0.25, 0.3) is 0 Å². The minimum absolute atomic E-state index is 0.0255. The molecule has 2 aromatic carbocycles. The van der Waals surface area contributed by atoms with Gasteiger partial charge in [0.2, 0.25) is 0 Å². The van der Waals surface area contributed by atoms with Crippen LogP contribution in [0.4, 0.5) is 13.2 Å². The Morgan fingerprint density at radius 3 is 2.33 bits per heavy atom. The van der Waals surface area contributed by atoms with Gasteiger partial charge in [-0.1, -0.05) is 43.3 Å². The summed E-state index contributed by atoms with van der Waals surface area (Å²) in [5, 5.41) is 51.3. The Hall–Kier alpha value is -2.44. The maximum absolute atomic E-state index is 13.8. The second-order valence-corrected chi connectivity index (χ2v) is 13.8. The van der Waals surface area contributed by atoms with Crippen LogP contribution in [0.3, 0.4) is 0 Å². The Kier molecular flexibility index (Phi) is 8.77. The van der Waals surface area contributed by atoms with Crippen molar-refractivity contribution >= 4 is 10.9 Å². The van der Waals surface area contributed by atoms with E-state index in [0.717, 1.165) is 29.7 Å². The molecular weight excluding hydrogens is 531 g/mol. The van der Waals surface area contributed by atoms with Crippen molar-refractivity contribution in [3.05, 3.63) is 71.2 Å². The van der Waals surface area contributed by atoms with E-state index in [2.05, 4.69) is 24.2 Å². The van der Waals surface area contributed by atoms with Gasteiger partial charge in [0.15, 0.2) is 17.5 Å². The van der Waals surface area contributed by atoms with E-state index in [1.807, 2.05) is 24.3 Å². The number of benzene rings is 2. The van der Waals surface area contributed by atoms with Gasteiger partial charge in [-0.2, -0.15) is 0 Å². The Labute approximate surface area is 228 Å². The van der Waals surface area contributed by atoms with Gasteiger partial charge in [0.05, 0.1) is 30.6 Å². The zero-order chi connectivity index (χ0) is 28.6. The van der Waals surface area contributed by atoms with Gasteiger partial charge >= 0.3 is 0 Å². The van der Waals surface area contributed by atoms with Crippen LogP contribution in [0.5, 0.6) is 0 Å². The van der Waals surface area contributed by atoms with Crippen LogP contribution in [-0.2, 0) is 6.42 Å². The van der Waals surface area contributed by atoms with E-state index in [1.54, 1.807) is 13.8 Å². The van der Waals surface area contributed by atoms with Crippen LogP contribution in [0.15, 0.2) is 42.6 Å². The van der Waals surface area contributed by atoms with Crippen LogP contribution in [0.2, 0.25) is 0 Å². The molecule has 1 aliphatic rings. The third-order valence-electron chi connectivity index (χ3n) is 7.22. The van der Waals surface area contributed by atoms with Crippen molar-refractivity contribution in [2.45, 2.75) is 68.5 Å². The van der Waals surface area contributed by atoms with Crippen molar-refractivity contribution in [1.82, 2.24) is 15.0 Å². The number of hydrogen-bond donors (Lipinski definition) is 5. The molecule has 6 atom stereocenters. The Morgan fingerprint density at radius 1 is 1.10 bits per heavy atom. The molecule has 0 aliphatic carbocycles. The third kappa shape index (κ3) is 6.02. The molecule has 4 rings (SSSR count). The number of nitrogens with zero attached hydrogens (tertiary/aromatic N) is 3. The summed E-state index contributed by atoms with van der Waals surface area (Å²) in [7, 11) is -1.35. The van der Waals surface area contributed by atoms with E-state index in [4.69, 9.17) is 0 Å². The number of aliphatic hydroxyl groups is 4. The highest BCUT2D eigenvalue weighted by Crippen LogP contribution is 2.58. The lowest BCUT2D eigenvalue weighted by molar-refractivity contribution is 0.00570. The molecule has 0 radical (unpaired) electrons. The van der Waals surface area contributed by atoms with Gasteiger partial charge in [-0.25, -0.2) is 28.7 Å². The predicted molar refractivity (Wildman–Crippen MR) is 145 cm³/mol. The molecule has 214 valence electrons. The lowest BCUT2D eigenvalue weighted by Crippen LogP contribution is -2.52. The molecule has 1 unspecified atom stereocenters. The Morgan fingerprint density at radius 2 is 1.74 bits per heavy atom. The molecule has 1 aromatic heterocycles. The SMILES string of the molecule is CC(C)Cc1ccccc1[C@@H]([SH]1C[C@H](O)[C@H](n2cc(-c3cc(F)c(F)c(F)c3)nn2)[C@@H](O)[C@H]1CO)C(C)(C)O. The number of aromatic nitrogens is 3. The van der Waals surface area contributed by atoms with E-state index < -0.39 is 62.7 Å². The van der Waals surface area contributed by atoms with Crippen molar-refractivity contribution in [2.75, 3.05) is 12.4 Å². The standard InChI is InChI=1S/C28H36F3N3O4S/c1-15(2)9-16-7-5-6-8-18(16)27(28(3,4)38)39-14-22(36)25(26(37)23(39)13-35)34-12-21(32-33-34)17-10-19(29)24(31)20(30)11-17/h5-8,10-12,15,22-23,25-27,35-39H,9,13-14H2,1-4H3/t22-,23+,25-,26-,27+/m0/s1. The fraction of sp³-hybridized carbons (Fsp3) is 0.500. The van der Waals surface area contributed by atoms with Gasteiger partial charge in [-0.15, -0.1) is 5.10 Å². The number of rotatable bonds is 8. The zero-order valence-electron chi connectivity index (χ0n) is 22.3. The minimum Gasteiger partial charge on any atom is -0.395 e. The van der Waals surface area contributed by atoms with Crippen LogP contribution < -0.4 is 0 Å². The topological polar surface area (TPSA) is 112 Å². The molecule has 0 saturated carbocycles. The van der Waals surface area contributed by atoms with Crippen molar-refractivity contribution < 1.29 is 33.6 Å². The van der Waals surface area contributed by atoms with Crippen molar-refractivity contribution in [1.29, 1.82) is 0 Å². The van der Waals surface area contributed by atoms with Crippen LogP contribution in [0.1, 0.15) is 50.1 Å². The van der Waals surface area contributed by atoms with E-state index in [9.17, 15) is 33.6 Å². The first-order valence-electron chi connectivity index (χ1n) is 12.9. The first-order chi connectivity index (χ1) is 18.3. The lowest BCUT2D eigenvalue weighted by Gasteiger charge is -2.51. The first kappa shape index (κ1) is 29.5. The normalized spacial score (nSPS) is 25.7. The fourth-order valence-corrected chi connectivity index (χ4v) is 9.31. The maximum Gasteiger partial charge on any atom is 0.194 e. The highest BCUT2D eigenvalue weighted by molar-refractivity contribution is 8.18. The molecule has 4 N–H and O–H groups in total. The summed E-state index contributed by atoms with van der Waals surface area (Å²) >= 11 is 0. The lowest BCUT2D eigenvalue weighted by atomic mass is 9.90. The van der Waals surface area contributed by atoms with Crippen molar-refractivity contribution in [2.24, 2.45) is 5.92 Å². The van der Waals surface area contributed by atoms with E-state index in [0.29, 0.717) is 5.92 Å². The van der Waals surface area contributed by atoms with Gasteiger partial charge < -0.3 is 20.4 Å². The molecule has 0 spiro atoms. The molecule has 0 bridgehead atoms. The van der Waals surface area contributed by atoms with Gasteiger partial charge in [0, 0.05) is 21.8 Å². The molecule has 0 amide bonds. The van der Waals surface area contributed by atoms with E-state index >= 15 is 0 Å². The molecule has 1 aliphatic heterocycles. The number of thiol groups is 1. The molecular formula is C28H36F3N3O4S. The Bertz CT molecular complexity index is 1280. The van der Waals surface area contributed by atoms with Gasteiger partial charge in [-0.3, -0.25) is 0 Å². The highest BCUT2D eigenvalue weighted by atomic mass is 32.2. The third-order valence-corrected chi connectivity index (χ3v) is 10.9. The van der Waals surface area contributed by atoms with Crippen LogP contribution in [-0.4, -0.2) is 70.8 Å². The van der Waals surface area contributed by atoms with Gasteiger partial charge in [-0.05, 0) is 49.4 Å². The van der Waals surface area contributed by atoms with Crippen molar-refractivity contribution in [3.63, 3.8) is 0 Å². The fourth-order valence-electron chi connectivity index (χ4n) is 5.60. The molecule has 1 saturated heterocycles. The highest BCUT2D eigenvalue weighted by Gasteiger charge is 2.49. The van der Waals surface area contributed by atoms with Crippen molar-refractivity contribution in [3.8, 4) is 11.3 Å². The summed E-state index contributed by atoms with van der Waals surface area (Å²) in [5.41, 5.74) is 0.768. The molecule has 11 heteroatoms. The number of aliphatic hydroxyl groups excluding tert-OH is 3. The monoisotopic (exact) mass is 567 g/mol. The first-order valence-corrected chi connectivity index (χ1v) is 14.6. The largest absolute Gasteiger partial charge is 0.395 e. The molecule has 2 heterocycles. The molecule has 7 nitrogen and oxygen atoms in total. The second-order valence-electron chi connectivity index (χ2n) is 11.2. The number of halogens is 3. The summed E-state index contributed by atoms with van der Waals surface area (Å²) in [6.45, 7) is 7.24. The summed E-state index contributed by atoms with van der Waals surface area (Å²) < 4.78 is 42.1. The predicted octanol–water partition coefficient (Wildman–Crippen LogP) is 3.71. The average Bonchev–Trinajstić information content (AvgIpc) is 3.32. The Balaban J connectivity index is 1.69. The maximum atomic E-state index is 13.8. The summed E-state index contributed by atoms with van der Waals surface area (Å²) in [6, 6.07) is 8.41. The van der Waals surface area contributed by atoms with E-state index in [-0.39, 0.29) is 23.6 Å². The summed E-state index contributed by atoms with van der Waals surface area (Å²) in [4.78, 5) is 0. The molecule has 39 heavy (non-hydrogen) atoms. The summed E-state index contributed by atoms with van der Waals surface area (Å²) in [5.74, 6) is -3.79. The average molecular weight is 568 g/mol. The van der Waals surface area contributed by atoms with Crippen LogP contribution in [0.25, 0.3) is 11.3 Å². The summed E-state index contributed by atoms with van der Waals surface area (Å²) in [6.07, 6.45) is -0.276. The van der Waals surface area contributed by atoms with Gasteiger partial charge in [0.1, 0.15) is 11.7 Å².